The van der Waals surface area contributed by atoms with Gasteiger partial charge in [-0.1, -0.05) is 186 Å². The van der Waals surface area contributed by atoms with Gasteiger partial charge >= 0.3 is 0 Å². The lowest BCUT2D eigenvalue weighted by atomic mass is 9.35. The molecule has 4 nitrogen and oxygen atoms in total. The van der Waals surface area contributed by atoms with Crippen molar-refractivity contribution in [3.63, 3.8) is 0 Å². The van der Waals surface area contributed by atoms with Crippen molar-refractivity contribution in [1.82, 2.24) is 0 Å². The molecular weight excluding hydrogens is 898 g/mol. The first-order chi connectivity index (χ1) is 35.2. The summed E-state index contributed by atoms with van der Waals surface area (Å²) in [4.78, 5) is 7.59. The van der Waals surface area contributed by atoms with Gasteiger partial charge in [-0.15, -0.1) is 0 Å². The molecule has 1 aliphatic carbocycles. The quantitative estimate of drug-likeness (QED) is 0.148. The minimum absolute atomic E-state index is 0.0000315. The van der Waals surface area contributed by atoms with Crippen LogP contribution in [0.25, 0.3) is 11.0 Å². The fourth-order valence-corrected chi connectivity index (χ4v) is 12.4. The molecule has 0 saturated carbocycles. The maximum atomic E-state index is 7.58. The number of benzene rings is 8. The largest absolute Gasteiger partial charge is 0.468 e. The van der Waals surface area contributed by atoms with Crippen LogP contribution in [0.3, 0.4) is 0 Å². The Labute approximate surface area is 440 Å². The molecule has 9 aromatic rings. The standard InChI is InChI=1S/C69H70BN3O/c1-65(2,3)45-28-33-51(34-29-45)72-58-44-56-55(67(7,8)38-39-68(56,9)10)43-57(58)70-62-59(72)41-53(71(49-24-18-14-19-25-49)50-26-20-15-21-27-50)42-60(62)73(52-35-30-46(31-36-52)66(4,5)6)63-54-40-48(32-37-61(54)74-64(63)70)69(11,12)47-22-16-13-17-23-47/h13-37,40-44H,38-39H2,1-12H3. The van der Waals surface area contributed by atoms with Crippen LogP contribution in [0.5, 0.6) is 0 Å². The van der Waals surface area contributed by atoms with E-state index in [1.54, 1.807) is 0 Å². The zero-order valence-electron chi connectivity index (χ0n) is 45.6. The van der Waals surface area contributed by atoms with Crippen molar-refractivity contribution in [1.29, 1.82) is 0 Å². The molecule has 5 heteroatoms. The molecular formula is C69H70BN3O. The van der Waals surface area contributed by atoms with Crippen molar-refractivity contribution in [3.05, 3.63) is 215 Å². The molecule has 370 valence electrons. The number of hydrogen-bond acceptors (Lipinski definition) is 4. The van der Waals surface area contributed by atoms with Gasteiger partial charge in [0.1, 0.15) is 5.58 Å². The smallest absolute Gasteiger partial charge is 0.297 e. The van der Waals surface area contributed by atoms with Crippen molar-refractivity contribution in [2.75, 3.05) is 14.7 Å². The van der Waals surface area contributed by atoms with Crippen LogP contribution in [0.15, 0.2) is 186 Å². The second-order valence-electron chi connectivity index (χ2n) is 25.3. The molecule has 3 heterocycles. The van der Waals surface area contributed by atoms with Gasteiger partial charge in [0.25, 0.3) is 6.71 Å². The lowest BCUT2D eigenvalue weighted by Gasteiger charge is -2.47. The molecule has 0 unspecified atom stereocenters. The van der Waals surface area contributed by atoms with Gasteiger partial charge in [0.05, 0.1) is 17.0 Å². The Hall–Kier alpha value is -7.24. The molecule has 0 bridgehead atoms. The van der Waals surface area contributed by atoms with Crippen molar-refractivity contribution < 1.29 is 4.42 Å². The van der Waals surface area contributed by atoms with Gasteiger partial charge in [-0.3, -0.25) is 0 Å². The summed E-state index contributed by atoms with van der Waals surface area (Å²) in [6.07, 6.45) is 2.25. The topological polar surface area (TPSA) is 22.9 Å². The van der Waals surface area contributed by atoms with Gasteiger partial charge in [-0.25, -0.2) is 0 Å². The van der Waals surface area contributed by atoms with Crippen LogP contribution in [0.4, 0.5) is 51.2 Å². The van der Waals surface area contributed by atoms with Gasteiger partial charge in [0.15, 0.2) is 0 Å². The second kappa shape index (κ2) is 16.9. The maximum absolute atomic E-state index is 7.58. The minimum Gasteiger partial charge on any atom is -0.468 e. The molecule has 8 aromatic carbocycles. The lowest BCUT2D eigenvalue weighted by Crippen LogP contribution is -2.61. The van der Waals surface area contributed by atoms with E-state index in [1.165, 1.54) is 50.0 Å². The summed E-state index contributed by atoms with van der Waals surface area (Å²) in [7, 11) is 0. The fraction of sp³-hybridized carbons (Fsp3) is 0.275. The molecule has 0 fully saturated rings. The first-order valence-corrected chi connectivity index (χ1v) is 26.9. The minimum atomic E-state index is -0.268. The molecule has 0 amide bonds. The fourth-order valence-electron chi connectivity index (χ4n) is 12.4. The Morgan fingerprint density at radius 1 is 0.459 bits per heavy atom. The van der Waals surface area contributed by atoms with Gasteiger partial charge in [-0.2, -0.15) is 0 Å². The normalized spacial score (nSPS) is 15.6. The Bertz CT molecular complexity index is 3560. The number of para-hydroxylation sites is 2. The van der Waals surface area contributed by atoms with Crippen LogP contribution in [0.2, 0.25) is 0 Å². The number of furan rings is 1. The van der Waals surface area contributed by atoms with E-state index in [-0.39, 0.29) is 33.8 Å². The van der Waals surface area contributed by atoms with Crippen LogP contribution in [0.1, 0.15) is 129 Å². The molecule has 12 rings (SSSR count). The van der Waals surface area contributed by atoms with Crippen LogP contribution in [0, 0.1) is 0 Å². The SMILES string of the molecule is CC(C)(C)c1ccc(N2c3cc4c(cc3B3c5oc6ccc(C(C)(C)c7ccccc7)cc6c5N(c5ccc(C(C)(C)C)cc5)c5cc(N(c6ccccc6)c6ccccc6)cc2c53)C(C)(C)CCC4(C)C)cc1. The van der Waals surface area contributed by atoms with Crippen molar-refractivity contribution in [2.24, 2.45) is 0 Å². The highest BCUT2D eigenvalue weighted by Crippen LogP contribution is 2.53. The number of hydrogen-bond donors (Lipinski definition) is 0. The third-order valence-electron chi connectivity index (χ3n) is 17.1. The third kappa shape index (κ3) is 7.71. The number of anilines is 9. The van der Waals surface area contributed by atoms with E-state index in [0.717, 1.165) is 75.0 Å². The highest BCUT2D eigenvalue weighted by atomic mass is 16.3. The predicted octanol–water partition coefficient (Wildman–Crippen LogP) is 17.3. The van der Waals surface area contributed by atoms with Crippen LogP contribution < -0.4 is 31.3 Å². The van der Waals surface area contributed by atoms with Crippen LogP contribution >= 0.6 is 0 Å². The van der Waals surface area contributed by atoms with E-state index in [2.05, 4.69) is 280 Å². The lowest BCUT2D eigenvalue weighted by molar-refractivity contribution is 0.332. The number of fused-ring (bicyclic) bond motifs is 7. The predicted molar refractivity (Wildman–Crippen MR) is 316 cm³/mol. The summed E-state index contributed by atoms with van der Waals surface area (Å²) in [5.41, 5.74) is 22.2. The molecule has 1 aromatic heterocycles. The molecule has 0 saturated heterocycles. The first-order valence-electron chi connectivity index (χ1n) is 26.9. The van der Waals surface area contributed by atoms with Crippen molar-refractivity contribution in [3.8, 4) is 0 Å². The Morgan fingerprint density at radius 2 is 0.932 bits per heavy atom. The molecule has 0 atom stereocenters. The third-order valence-corrected chi connectivity index (χ3v) is 17.1. The van der Waals surface area contributed by atoms with E-state index >= 15 is 0 Å². The van der Waals surface area contributed by atoms with E-state index in [9.17, 15) is 0 Å². The zero-order valence-corrected chi connectivity index (χ0v) is 45.6. The Kier molecular flexibility index (Phi) is 10.9. The molecule has 0 spiro atoms. The molecule has 0 N–H and O–H groups in total. The summed E-state index contributed by atoms with van der Waals surface area (Å²) in [5, 5.41) is 1.11. The molecule has 3 aliphatic rings. The summed E-state index contributed by atoms with van der Waals surface area (Å²) in [6.45, 7) is 28.1. The summed E-state index contributed by atoms with van der Waals surface area (Å²) in [5.74, 6) is 0. The summed E-state index contributed by atoms with van der Waals surface area (Å²) >= 11 is 0. The van der Waals surface area contributed by atoms with E-state index < -0.39 is 0 Å². The van der Waals surface area contributed by atoms with Gasteiger partial charge < -0.3 is 19.1 Å². The highest BCUT2D eigenvalue weighted by molar-refractivity contribution is 7.00. The Balaban J connectivity index is 1.23. The second-order valence-corrected chi connectivity index (χ2v) is 25.3. The van der Waals surface area contributed by atoms with Crippen LogP contribution in [-0.2, 0) is 27.1 Å². The zero-order chi connectivity index (χ0) is 51.7. The summed E-state index contributed by atoms with van der Waals surface area (Å²) < 4.78 is 7.58. The highest BCUT2D eigenvalue weighted by Gasteiger charge is 2.49. The summed E-state index contributed by atoms with van der Waals surface area (Å²) in [6, 6.07) is 68.5. The molecule has 0 radical (unpaired) electrons. The average molecular weight is 968 g/mol. The van der Waals surface area contributed by atoms with Gasteiger partial charge in [0.2, 0.25) is 0 Å². The first kappa shape index (κ1) is 47.7. The van der Waals surface area contributed by atoms with Crippen molar-refractivity contribution in [2.45, 2.75) is 123 Å². The van der Waals surface area contributed by atoms with Gasteiger partial charge in [0, 0.05) is 50.6 Å². The average Bonchev–Trinajstić information content (AvgIpc) is 3.81. The van der Waals surface area contributed by atoms with E-state index in [4.69, 9.17) is 4.42 Å². The number of nitrogens with zero attached hydrogens (tertiary/aromatic N) is 3. The molecule has 2 aliphatic heterocycles. The Morgan fingerprint density at radius 3 is 1.46 bits per heavy atom. The number of rotatable bonds is 7. The van der Waals surface area contributed by atoms with E-state index in [0.29, 0.717) is 0 Å². The van der Waals surface area contributed by atoms with Crippen molar-refractivity contribution >= 4 is 85.5 Å². The van der Waals surface area contributed by atoms with Crippen LogP contribution in [-0.4, -0.2) is 6.71 Å². The van der Waals surface area contributed by atoms with E-state index in [1.807, 2.05) is 0 Å². The van der Waals surface area contributed by atoms with Gasteiger partial charge in [-0.05, 0) is 158 Å². The maximum Gasteiger partial charge on any atom is 0.297 e. The monoisotopic (exact) mass is 968 g/mol. The molecule has 74 heavy (non-hydrogen) atoms.